The van der Waals surface area contributed by atoms with Gasteiger partial charge in [-0.3, -0.25) is 9.69 Å². The number of amides is 1. The molecule has 130 valence electrons. The second kappa shape index (κ2) is 8.43. The summed E-state index contributed by atoms with van der Waals surface area (Å²) in [5.74, 6) is 0.310. The standard InChI is InChI=1S/C17H22N2O4S/c20-14(12-22-13-15-3-2-10-24-15)11-18-5-7-19(8-6-18)17(21)16-4-1-9-23-16/h1-4,9-10,14,20H,5-8,11-13H2. The van der Waals surface area contributed by atoms with Crippen LogP contribution in [0.1, 0.15) is 15.4 Å². The van der Waals surface area contributed by atoms with Crippen molar-refractivity contribution in [3.8, 4) is 0 Å². The lowest BCUT2D eigenvalue weighted by Gasteiger charge is -2.35. The molecule has 0 bridgehead atoms. The molecule has 0 aliphatic carbocycles. The number of carbonyl (C=O) groups excluding carboxylic acids is 1. The third-order valence-electron chi connectivity index (χ3n) is 4.00. The van der Waals surface area contributed by atoms with Gasteiger partial charge in [0.1, 0.15) is 0 Å². The number of furan rings is 1. The number of aliphatic hydroxyl groups is 1. The summed E-state index contributed by atoms with van der Waals surface area (Å²) < 4.78 is 10.7. The van der Waals surface area contributed by atoms with E-state index in [1.807, 2.05) is 17.5 Å². The Hall–Kier alpha value is -1.67. The van der Waals surface area contributed by atoms with Gasteiger partial charge in [-0.15, -0.1) is 11.3 Å². The van der Waals surface area contributed by atoms with Gasteiger partial charge in [-0.1, -0.05) is 6.07 Å². The van der Waals surface area contributed by atoms with Crippen LogP contribution in [-0.4, -0.2) is 66.2 Å². The molecule has 1 aliphatic heterocycles. The first-order valence-corrected chi connectivity index (χ1v) is 8.93. The summed E-state index contributed by atoms with van der Waals surface area (Å²) >= 11 is 1.65. The summed E-state index contributed by atoms with van der Waals surface area (Å²) in [5, 5.41) is 12.1. The third kappa shape index (κ3) is 4.67. The van der Waals surface area contributed by atoms with Crippen LogP contribution in [0.5, 0.6) is 0 Å². The number of hydrogen-bond acceptors (Lipinski definition) is 6. The van der Waals surface area contributed by atoms with E-state index in [1.54, 1.807) is 28.4 Å². The molecule has 7 heteroatoms. The number of ether oxygens (including phenoxy) is 1. The van der Waals surface area contributed by atoms with Crippen LogP contribution in [0, 0.1) is 0 Å². The molecule has 1 N–H and O–H groups in total. The lowest BCUT2D eigenvalue weighted by Crippen LogP contribution is -2.50. The summed E-state index contributed by atoms with van der Waals surface area (Å²) in [6, 6.07) is 7.41. The smallest absolute Gasteiger partial charge is 0.289 e. The molecule has 6 nitrogen and oxygen atoms in total. The lowest BCUT2D eigenvalue weighted by molar-refractivity contribution is 0.00244. The van der Waals surface area contributed by atoms with Crippen molar-refractivity contribution in [1.29, 1.82) is 0 Å². The van der Waals surface area contributed by atoms with Gasteiger partial charge in [0.25, 0.3) is 5.91 Å². The van der Waals surface area contributed by atoms with Gasteiger partial charge in [-0.05, 0) is 23.6 Å². The van der Waals surface area contributed by atoms with Crippen molar-refractivity contribution in [2.75, 3.05) is 39.3 Å². The minimum Gasteiger partial charge on any atom is -0.459 e. The van der Waals surface area contributed by atoms with E-state index in [0.29, 0.717) is 38.6 Å². The van der Waals surface area contributed by atoms with E-state index in [-0.39, 0.29) is 5.91 Å². The molecule has 24 heavy (non-hydrogen) atoms. The van der Waals surface area contributed by atoms with Crippen LogP contribution in [-0.2, 0) is 11.3 Å². The van der Waals surface area contributed by atoms with Crippen molar-refractivity contribution in [2.24, 2.45) is 0 Å². The van der Waals surface area contributed by atoms with Gasteiger partial charge in [0.2, 0.25) is 0 Å². The van der Waals surface area contributed by atoms with Crippen molar-refractivity contribution < 1.29 is 19.1 Å². The van der Waals surface area contributed by atoms with Crippen LogP contribution in [0.4, 0.5) is 0 Å². The predicted molar refractivity (Wildman–Crippen MR) is 91.0 cm³/mol. The quantitative estimate of drug-likeness (QED) is 0.823. The monoisotopic (exact) mass is 350 g/mol. The number of thiophene rings is 1. The highest BCUT2D eigenvalue weighted by molar-refractivity contribution is 7.09. The zero-order chi connectivity index (χ0) is 16.8. The summed E-state index contributed by atoms with van der Waals surface area (Å²) in [7, 11) is 0. The van der Waals surface area contributed by atoms with E-state index in [2.05, 4.69) is 4.90 Å². The Labute approximate surface area is 145 Å². The average molecular weight is 350 g/mol. The van der Waals surface area contributed by atoms with Gasteiger partial charge in [-0.2, -0.15) is 0 Å². The van der Waals surface area contributed by atoms with E-state index in [0.717, 1.165) is 18.0 Å². The summed E-state index contributed by atoms with van der Waals surface area (Å²) in [4.78, 5) is 17.3. The second-order valence-corrected chi connectivity index (χ2v) is 6.85. The first-order valence-electron chi connectivity index (χ1n) is 8.05. The Morgan fingerprint density at radius 1 is 1.29 bits per heavy atom. The molecule has 1 fully saturated rings. The molecule has 0 radical (unpaired) electrons. The fourth-order valence-electron chi connectivity index (χ4n) is 2.73. The number of β-amino-alcohol motifs (C(OH)–C–C–N with tert-alkyl or cyclic N) is 1. The highest BCUT2D eigenvalue weighted by Gasteiger charge is 2.24. The van der Waals surface area contributed by atoms with E-state index in [1.165, 1.54) is 6.26 Å². The zero-order valence-electron chi connectivity index (χ0n) is 13.5. The Bertz CT molecular complexity index is 607. The van der Waals surface area contributed by atoms with Crippen molar-refractivity contribution in [3.05, 3.63) is 46.5 Å². The minimum absolute atomic E-state index is 0.0699. The van der Waals surface area contributed by atoms with E-state index in [4.69, 9.17) is 9.15 Å². The van der Waals surface area contributed by atoms with Crippen LogP contribution in [0.15, 0.2) is 40.3 Å². The van der Waals surface area contributed by atoms with Crippen molar-refractivity contribution in [3.63, 3.8) is 0 Å². The second-order valence-electron chi connectivity index (χ2n) is 5.82. The average Bonchev–Trinajstić information content (AvgIpc) is 3.29. The highest BCUT2D eigenvalue weighted by atomic mass is 32.1. The number of piperazine rings is 1. The highest BCUT2D eigenvalue weighted by Crippen LogP contribution is 2.11. The number of aliphatic hydroxyl groups excluding tert-OH is 1. The summed E-state index contributed by atoms with van der Waals surface area (Å²) in [6.07, 6.45) is 0.994. The topological polar surface area (TPSA) is 66.2 Å². The Morgan fingerprint density at radius 3 is 2.79 bits per heavy atom. The van der Waals surface area contributed by atoms with Gasteiger partial charge in [0.05, 0.1) is 25.6 Å². The van der Waals surface area contributed by atoms with Crippen molar-refractivity contribution in [2.45, 2.75) is 12.7 Å². The fourth-order valence-corrected chi connectivity index (χ4v) is 3.37. The van der Waals surface area contributed by atoms with Crippen LogP contribution in [0.3, 0.4) is 0 Å². The fraction of sp³-hybridized carbons (Fsp3) is 0.471. The molecular formula is C17H22N2O4S. The molecule has 0 spiro atoms. The maximum Gasteiger partial charge on any atom is 0.289 e. The molecule has 3 rings (SSSR count). The molecular weight excluding hydrogens is 328 g/mol. The molecule has 1 unspecified atom stereocenters. The SMILES string of the molecule is O=C(c1ccco1)N1CCN(CC(O)COCc2cccs2)CC1. The van der Waals surface area contributed by atoms with Crippen LogP contribution in [0.2, 0.25) is 0 Å². The summed E-state index contributed by atoms with van der Waals surface area (Å²) in [6.45, 7) is 4.20. The van der Waals surface area contributed by atoms with Gasteiger partial charge in [0, 0.05) is 37.6 Å². The Balaban J connectivity index is 1.35. The van der Waals surface area contributed by atoms with E-state index in [9.17, 15) is 9.90 Å². The molecule has 1 atom stereocenters. The van der Waals surface area contributed by atoms with Crippen molar-refractivity contribution >= 4 is 17.2 Å². The molecule has 3 heterocycles. The first kappa shape index (κ1) is 17.2. The van der Waals surface area contributed by atoms with Crippen molar-refractivity contribution in [1.82, 2.24) is 9.80 Å². The van der Waals surface area contributed by atoms with Gasteiger partial charge in [-0.25, -0.2) is 0 Å². The number of hydrogen-bond donors (Lipinski definition) is 1. The Kier molecular flexibility index (Phi) is 6.03. The predicted octanol–water partition coefficient (Wildman–Crippen LogP) is 1.68. The molecule has 0 aromatic carbocycles. The van der Waals surface area contributed by atoms with Gasteiger partial charge < -0.3 is 19.2 Å². The van der Waals surface area contributed by atoms with Gasteiger partial charge >= 0.3 is 0 Å². The Morgan fingerprint density at radius 2 is 2.12 bits per heavy atom. The zero-order valence-corrected chi connectivity index (χ0v) is 14.3. The molecule has 1 amide bonds. The molecule has 2 aromatic rings. The maximum absolute atomic E-state index is 12.2. The van der Waals surface area contributed by atoms with E-state index >= 15 is 0 Å². The lowest BCUT2D eigenvalue weighted by atomic mass is 10.2. The van der Waals surface area contributed by atoms with Crippen LogP contribution in [0.25, 0.3) is 0 Å². The number of nitrogens with zero attached hydrogens (tertiary/aromatic N) is 2. The third-order valence-corrected chi connectivity index (χ3v) is 4.84. The summed E-state index contributed by atoms with van der Waals surface area (Å²) in [5.41, 5.74) is 0. The molecule has 1 aliphatic rings. The molecule has 1 saturated heterocycles. The minimum atomic E-state index is -0.516. The van der Waals surface area contributed by atoms with Crippen LogP contribution < -0.4 is 0 Å². The van der Waals surface area contributed by atoms with Crippen LogP contribution >= 0.6 is 11.3 Å². The van der Waals surface area contributed by atoms with E-state index < -0.39 is 6.10 Å². The number of carbonyl (C=O) groups is 1. The van der Waals surface area contributed by atoms with Gasteiger partial charge in [0.15, 0.2) is 5.76 Å². The normalized spacial score (nSPS) is 17.1. The maximum atomic E-state index is 12.2. The first-order chi connectivity index (χ1) is 11.7. The molecule has 0 saturated carbocycles. The largest absolute Gasteiger partial charge is 0.459 e. The number of rotatable bonds is 7. The molecule has 2 aromatic heterocycles.